The van der Waals surface area contributed by atoms with E-state index in [9.17, 15) is 9.59 Å². The van der Waals surface area contributed by atoms with Crippen LogP contribution in [0, 0.1) is 13.8 Å². The quantitative estimate of drug-likeness (QED) is 0.701. The van der Waals surface area contributed by atoms with Gasteiger partial charge < -0.3 is 10.6 Å². The zero-order chi connectivity index (χ0) is 19.4. The molecule has 1 aromatic heterocycles. The van der Waals surface area contributed by atoms with Gasteiger partial charge in [0.05, 0.1) is 0 Å². The fraction of sp³-hybridized carbons (Fsp3) is 0.150. The summed E-state index contributed by atoms with van der Waals surface area (Å²) in [6.45, 7) is 3.53. The van der Waals surface area contributed by atoms with Crippen molar-refractivity contribution in [3.05, 3.63) is 81.2 Å². The molecule has 7 heteroatoms. The molecule has 0 spiro atoms. The van der Waals surface area contributed by atoms with Gasteiger partial charge in [-0.1, -0.05) is 29.8 Å². The molecule has 0 unspecified atom stereocenters. The lowest BCUT2D eigenvalue weighted by Crippen LogP contribution is -2.30. The van der Waals surface area contributed by atoms with Crippen LogP contribution in [-0.4, -0.2) is 15.5 Å². The van der Waals surface area contributed by atoms with E-state index in [1.807, 2.05) is 31.2 Å². The van der Waals surface area contributed by atoms with Crippen LogP contribution in [0.25, 0.3) is 0 Å². The molecule has 138 valence electrons. The molecule has 0 radical (unpaired) electrons. The van der Waals surface area contributed by atoms with E-state index in [1.54, 1.807) is 31.2 Å². The molecule has 0 aliphatic rings. The van der Waals surface area contributed by atoms with Crippen LogP contribution in [-0.2, 0) is 11.3 Å². The molecule has 6 nitrogen and oxygen atoms in total. The molecule has 0 aliphatic heterocycles. The average Bonchev–Trinajstić information content (AvgIpc) is 2.58. The van der Waals surface area contributed by atoms with Crippen LogP contribution >= 0.6 is 11.6 Å². The Bertz CT molecular complexity index is 1050. The molecule has 0 saturated carbocycles. The first-order valence-electron chi connectivity index (χ1n) is 8.38. The molecular formula is C20H19ClN4O2. The summed E-state index contributed by atoms with van der Waals surface area (Å²) < 4.78 is 1.30. The van der Waals surface area contributed by atoms with Crippen LogP contribution in [0.1, 0.15) is 11.3 Å². The molecule has 27 heavy (non-hydrogen) atoms. The Morgan fingerprint density at radius 1 is 1.07 bits per heavy atom. The molecule has 0 saturated heterocycles. The molecular weight excluding hydrogens is 364 g/mol. The van der Waals surface area contributed by atoms with E-state index in [4.69, 9.17) is 11.6 Å². The van der Waals surface area contributed by atoms with E-state index < -0.39 is 0 Å². The van der Waals surface area contributed by atoms with Gasteiger partial charge in [-0.25, -0.2) is 4.98 Å². The van der Waals surface area contributed by atoms with E-state index in [0.29, 0.717) is 22.4 Å². The highest BCUT2D eigenvalue weighted by Crippen LogP contribution is 2.17. The number of nitrogens with zero attached hydrogens (tertiary/aromatic N) is 2. The molecule has 2 aromatic carbocycles. The lowest BCUT2D eigenvalue weighted by Gasteiger charge is -2.14. The van der Waals surface area contributed by atoms with Crippen molar-refractivity contribution in [1.29, 1.82) is 0 Å². The average molecular weight is 383 g/mol. The number of amides is 1. The maximum atomic E-state index is 12.4. The van der Waals surface area contributed by atoms with Gasteiger partial charge in [0.25, 0.3) is 5.56 Å². The lowest BCUT2D eigenvalue weighted by molar-refractivity contribution is -0.116. The van der Waals surface area contributed by atoms with Crippen LogP contribution in [0.2, 0.25) is 5.02 Å². The van der Waals surface area contributed by atoms with E-state index in [1.165, 1.54) is 10.6 Å². The smallest absolute Gasteiger partial charge is 0.255 e. The molecule has 0 bridgehead atoms. The third kappa shape index (κ3) is 4.95. The minimum absolute atomic E-state index is 0.174. The number of halogens is 1. The van der Waals surface area contributed by atoms with Crippen LogP contribution in [0.4, 0.5) is 17.3 Å². The first kappa shape index (κ1) is 18.7. The van der Waals surface area contributed by atoms with Crippen LogP contribution in [0.15, 0.2) is 59.4 Å². The fourth-order valence-electron chi connectivity index (χ4n) is 2.63. The van der Waals surface area contributed by atoms with Gasteiger partial charge in [-0.15, -0.1) is 0 Å². The molecule has 3 aromatic rings. The second kappa shape index (κ2) is 8.05. The third-order valence-corrected chi connectivity index (χ3v) is 4.06. The Morgan fingerprint density at radius 3 is 2.56 bits per heavy atom. The summed E-state index contributed by atoms with van der Waals surface area (Å²) in [6, 6.07) is 15.9. The largest absolute Gasteiger partial charge is 0.326 e. The number of rotatable bonds is 5. The highest BCUT2D eigenvalue weighted by Gasteiger charge is 2.12. The van der Waals surface area contributed by atoms with E-state index >= 15 is 0 Å². The number of nitrogens with one attached hydrogen (secondary N) is 2. The van der Waals surface area contributed by atoms with Crippen LogP contribution in [0.3, 0.4) is 0 Å². The monoisotopic (exact) mass is 382 g/mol. The van der Waals surface area contributed by atoms with Gasteiger partial charge in [0.1, 0.15) is 6.54 Å². The zero-order valence-electron chi connectivity index (χ0n) is 15.0. The molecule has 0 aliphatic carbocycles. The summed E-state index contributed by atoms with van der Waals surface area (Å²) in [7, 11) is 0. The molecule has 3 rings (SSSR count). The minimum atomic E-state index is -0.350. The van der Waals surface area contributed by atoms with Gasteiger partial charge in [0, 0.05) is 28.2 Å². The summed E-state index contributed by atoms with van der Waals surface area (Å²) in [5.41, 5.74) is 2.69. The Kier molecular flexibility index (Phi) is 5.57. The Morgan fingerprint density at radius 2 is 1.81 bits per heavy atom. The first-order valence-corrected chi connectivity index (χ1v) is 8.76. The Labute approximate surface area is 161 Å². The zero-order valence-corrected chi connectivity index (χ0v) is 15.7. The standard InChI is InChI=1S/C20H19ClN4O2/c1-13-5-3-7-16(9-13)24-20-22-14(2)10-19(27)25(20)12-18(26)23-17-8-4-6-15(21)11-17/h3-11H,12H2,1-2H3,(H,22,24)(H,23,26). The number of anilines is 3. The van der Waals surface area contributed by atoms with Crippen molar-refractivity contribution >= 4 is 34.8 Å². The van der Waals surface area contributed by atoms with Crippen molar-refractivity contribution in [2.24, 2.45) is 0 Å². The van der Waals surface area contributed by atoms with Gasteiger partial charge in [-0.3, -0.25) is 14.2 Å². The van der Waals surface area contributed by atoms with Crippen molar-refractivity contribution < 1.29 is 4.79 Å². The predicted molar refractivity (Wildman–Crippen MR) is 108 cm³/mol. The van der Waals surface area contributed by atoms with E-state index in [2.05, 4.69) is 15.6 Å². The summed E-state index contributed by atoms with van der Waals surface area (Å²) in [5, 5.41) is 6.38. The first-order chi connectivity index (χ1) is 12.9. The van der Waals surface area contributed by atoms with Gasteiger partial charge in [0.2, 0.25) is 11.9 Å². The van der Waals surface area contributed by atoms with Crippen LogP contribution < -0.4 is 16.2 Å². The fourth-order valence-corrected chi connectivity index (χ4v) is 2.82. The normalized spacial score (nSPS) is 10.5. The Balaban J connectivity index is 1.85. The third-order valence-electron chi connectivity index (χ3n) is 3.82. The number of carbonyl (C=O) groups excluding carboxylic acids is 1. The van der Waals surface area contributed by atoms with Gasteiger partial charge in [0.15, 0.2) is 0 Å². The van der Waals surface area contributed by atoms with Crippen molar-refractivity contribution in [1.82, 2.24) is 9.55 Å². The highest BCUT2D eigenvalue weighted by molar-refractivity contribution is 6.30. The molecule has 0 atom stereocenters. The second-order valence-electron chi connectivity index (χ2n) is 6.20. The number of aryl methyl sites for hydroxylation is 2. The number of aromatic nitrogens is 2. The number of carbonyl (C=O) groups is 1. The molecule has 1 heterocycles. The summed E-state index contributed by atoms with van der Waals surface area (Å²) in [4.78, 5) is 29.2. The number of hydrogen-bond donors (Lipinski definition) is 2. The summed E-state index contributed by atoms with van der Waals surface area (Å²) >= 11 is 5.93. The Hall–Kier alpha value is -3.12. The second-order valence-corrected chi connectivity index (χ2v) is 6.63. The van der Waals surface area contributed by atoms with Gasteiger partial charge >= 0.3 is 0 Å². The summed E-state index contributed by atoms with van der Waals surface area (Å²) in [5.74, 6) is -0.0378. The lowest BCUT2D eigenvalue weighted by atomic mass is 10.2. The van der Waals surface area contributed by atoms with Crippen molar-refractivity contribution in [3.8, 4) is 0 Å². The van der Waals surface area contributed by atoms with Gasteiger partial charge in [-0.05, 0) is 49.7 Å². The highest BCUT2D eigenvalue weighted by atomic mass is 35.5. The maximum absolute atomic E-state index is 12.4. The topological polar surface area (TPSA) is 76.0 Å². The molecule has 0 fully saturated rings. The minimum Gasteiger partial charge on any atom is -0.326 e. The van der Waals surface area contributed by atoms with Crippen LogP contribution in [0.5, 0.6) is 0 Å². The summed E-state index contributed by atoms with van der Waals surface area (Å²) in [6.07, 6.45) is 0. The van der Waals surface area contributed by atoms with Crippen molar-refractivity contribution in [2.75, 3.05) is 10.6 Å². The van der Waals surface area contributed by atoms with E-state index in [-0.39, 0.29) is 18.0 Å². The molecule has 1 amide bonds. The number of hydrogen-bond acceptors (Lipinski definition) is 4. The van der Waals surface area contributed by atoms with Crippen molar-refractivity contribution in [2.45, 2.75) is 20.4 Å². The molecule has 2 N–H and O–H groups in total. The van der Waals surface area contributed by atoms with Crippen molar-refractivity contribution in [3.63, 3.8) is 0 Å². The van der Waals surface area contributed by atoms with E-state index in [0.717, 1.165) is 11.3 Å². The predicted octanol–water partition coefficient (Wildman–Crippen LogP) is 3.90. The maximum Gasteiger partial charge on any atom is 0.255 e. The SMILES string of the molecule is Cc1cccc(Nc2nc(C)cc(=O)n2CC(=O)Nc2cccc(Cl)c2)c1. The number of benzene rings is 2. The van der Waals surface area contributed by atoms with Gasteiger partial charge in [-0.2, -0.15) is 0 Å².